The molecule has 1 saturated heterocycles. The number of hydrogen-bond donors (Lipinski definition) is 0. The Labute approximate surface area is 144 Å². The van der Waals surface area contributed by atoms with Crippen molar-refractivity contribution in [2.24, 2.45) is 0 Å². The molecule has 1 aliphatic heterocycles. The van der Waals surface area contributed by atoms with Crippen LogP contribution >= 0.6 is 11.5 Å². The molecule has 3 aromatic heterocycles. The van der Waals surface area contributed by atoms with Gasteiger partial charge in [0.1, 0.15) is 5.82 Å². The number of pyridine rings is 1. The fourth-order valence-electron chi connectivity index (χ4n) is 3.08. The van der Waals surface area contributed by atoms with Crippen LogP contribution in [0.15, 0.2) is 48.4 Å². The molecule has 0 aromatic carbocycles. The predicted molar refractivity (Wildman–Crippen MR) is 92.7 cm³/mol. The van der Waals surface area contributed by atoms with Gasteiger partial charge in [0, 0.05) is 49.2 Å². The summed E-state index contributed by atoms with van der Waals surface area (Å²) in [5, 5.41) is 2.03. The van der Waals surface area contributed by atoms with Gasteiger partial charge in [-0.2, -0.15) is 0 Å². The number of rotatable bonds is 5. The summed E-state index contributed by atoms with van der Waals surface area (Å²) >= 11 is 1.45. The number of ether oxygens (including phenoxy) is 1. The zero-order chi connectivity index (χ0) is 16.2. The summed E-state index contributed by atoms with van der Waals surface area (Å²) in [6, 6.07) is 6.31. The first-order chi connectivity index (χ1) is 11.9. The molecule has 1 unspecified atom stereocenters. The van der Waals surface area contributed by atoms with E-state index < -0.39 is 0 Å². The SMILES string of the molecule is c1ccc(C(Cn2ccnc2-c2cnsc2)N2CCOCC2)nc1. The van der Waals surface area contributed by atoms with E-state index in [0.29, 0.717) is 0 Å². The Morgan fingerprint density at radius 2 is 2.08 bits per heavy atom. The van der Waals surface area contributed by atoms with Crippen LogP contribution in [0.4, 0.5) is 0 Å². The van der Waals surface area contributed by atoms with Crippen molar-refractivity contribution in [1.82, 2.24) is 23.8 Å². The van der Waals surface area contributed by atoms with Crippen LogP contribution in [0, 0.1) is 0 Å². The standard InChI is InChI=1S/C17H19N5OS/c1-2-4-18-15(3-1)16(21-7-9-23-10-8-21)12-22-6-5-19-17(22)14-11-20-24-13-14/h1-6,11,13,16H,7-10,12H2. The second kappa shape index (κ2) is 7.21. The molecule has 4 heterocycles. The molecule has 6 nitrogen and oxygen atoms in total. The maximum Gasteiger partial charge on any atom is 0.142 e. The van der Waals surface area contributed by atoms with Crippen LogP contribution in [0.1, 0.15) is 11.7 Å². The Hall–Kier alpha value is -2.09. The lowest BCUT2D eigenvalue weighted by molar-refractivity contribution is 0.0115. The predicted octanol–water partition coefficient (Wildman–Crippen LogP) is 2.48. The van der Waals surface area contributed by atoms with Crippen molar-refractivity contribution in [2.45, 2.75) is 12.6 Å². The second-order valence-electron chi connectivity index (χ2n) is 5.74. The topological polar surface area (TPSA) is 56.1 Å². The van der Waals surface area contributed by atoms with E-state index in [1.807, 2.05) is 42.3 Å². The highest BCUT2D eigenvalue weighted by molar-refractivity contribution is 7.03. The Morgan fingerprint density at radius 1 is 1.17 bits per heavy atom. The molecule has 1 fully saturated rings. The number of morpholine rings is 1. The lowest BCUT2D eigenvalue weighted by atomic mass is 10.1. The van der Waals surface area contributed by atoms with Crippen molar-refractivity contribution >= 4 is 11.5 Å². The minimum absolute atomic E-state index is 0.203. The van der Waals surface area contributed by atoms with E-state index in [9.17, 15) is 0 Å². The quantitative estimate of drug-likeness (QED) is 0.713. The minimum atomic E-state index is 0.203. The van der Waals surface area contributed by atoms with Crippen LogP contribution in [0.5, 0.6) is 0 Å². The molecule has 0 amide bonds. The van der Waals surface area contributed by atoms with Crippen molar-refractivity contribution < 1.29 is 4.74 Å². The van der Waals surface area contributed by atoms with Crippen LogP contribution in [0.25, 0.3) is 11.4 Å². The third-order valence-electron chi connectivity index (χ3n) is 4.29. The van der Waals surface area contributed by atoms with Crippen molar-refractivity contribution in [2.75, 3.05) is 26.3 Å². The van der Waals surface area contributed by atoms with Gasteiger partial charge >= 0.3 is 0 Å². The lowest BCUT2D eigenvalue weighted by Crippen LogP contribution is -2.41. The summed E-state index contributed by atoms with van der Waals surface area (Å²) in [5.41, 5.74) is 2.15. The van der Waals surface area contributed by atoms with Crippen molar-refractivity contribution in [1.29, 1.82) is 0 Å². The van der Waals surface area contributed by atoms with Gasteiger partial charge in [-0.05, 0) is 23.7 Å². The Balaban J connectivity index is 1.64. The summed E-state index contributed by atoms with van der Waals surface area (Å²) in [5.74, 6) is 0.956. The summed E-state index contributed by atoms with van der Waals surface area (Å²) in [6.07, 6.45) is 7.61. The molecule has 24 heavy (non-hydrogen) atoms. The third kappa shape index (κ3) is 3.24. The highest BCUT2D eigenvalue weighted by Crippen LogP contribution is 2.25. The van der Waals surface area contributed by atoms with E-state index >= 15 is 0 Å². The third-order valence-corrected chi connectivity index (χ3v) is 4.88. The highest BCUT2D eigenvalue weighted by Gasteiger charge is 2.25. The van der Waals surface area contributed by atoms with Crippen LogP contribution in [-0.4, -0.2) is 50.1 Å². The van der Waals surface area contributed by atoms with Gasteiger partial charge in [-0.25, -0.2) is 9.36 Å². The van der Waals surface area contributed by atoms with Gasteiger partial charge < -0.3 is 9.30 Å². The fourth-order valence-corrected chi connectivity index (χ4v) is 3.59. The molecular formula is C17H19N5OS. The normalized spacial score (nSPS) is 17.0. The van der Waals surface area contributed by atoms with Crippen molar-refractivity contribution in [3.05, 3.63) is 54.1 Å². The van der Waals surface area contributed by atoms with Crippen LogP contribution in [0.2, 0.25) is 0 Å². The van der Waals surface area contributed by atoms with E-state index in [1.54, 1.807) is 0 Å². The first kappa shape index (κ1) is 15.4. The van der Waals surface area contributed by atoms with Gasteiger partial charge in [-0.3, -0.25) is 9.88 Å². The number of hydrogen-bond acceptors (Lipinski definition) is 6. The van der Waals surface area contributed by atoms with Crippen molar-refractivity contribution in [3.8, 4) is 11.4 Å². The molecule has 1 atom stereocenters. The summed E-state index contributed by atoms with van der Waals surface area (Å²) < 4.78 is 11.9. The van der Waals surface area contributed by atoms with Crippen LogP contribution in [0.3, 0.4) is 0 Å². The molecule has 0 saturated carbocycles. The van der Waals surface area contributed by atoms with E-state index in [2.05, 4.69) is 29.9 Å². The summed E-state index contributed by atoms with van der Waals surface area (Å²) in [7, 11) is 0. The maximum absolute atomic E-state index is 5.52. The molecule has 0 N–H and O–H groups in total. The fraction of sp³-hybridized carbons (Fsp3) is 0.353. The van der Waals surface area contributed by atoms with Gasteiger partial charge in [0.05, 0.1) is 31.1 Å². The van der Waals surface area contributed by atoms with Crippen molar-refractivity contribution in [3.63, 3.8) is 0 Å². The molecule has 7 heteroatoms. The molecule has 0 spiro atoms. The molecule has 0 bridgehead atoms. The maximum atomic E-state index is 5.52. The van der Waals surface area contributed by atoms with Gasteiger partial charge in [0.25, 0.3) is 0 Å². The Morgan fingerprint density at radius 3 is 2.83 bits per heavy atom. The second-order valence-corrected chi connectivity index (χ2v) is 6.39. The molecule has 1 aliphatic rings. The van der Waals surface area contributed by atoms with Crippen LogP contribution in [-0.2, 0) is 11.3 Å². The average molecular weight is 341 g/mol. The highest BCUT2D eigenvalue weighted by atomic mass is 32.1. The summed E-state index contributed by atoms with van der Waals surface area (Å²) in [6.45, 7) is 4.20. The largest absolute Gasteiger partial charge is 0.379 e. The zero-order valence-electron chi connectivity index (χ0n) is 13.3. The molecule has 0 aliphatic carbocycles. The molecular weight excluding hydrogens is 322 g/mol. The average Bonchev–Trinajstić information content (AvgIpc) is 3.32. The van der Waals surface area contributed by atoms with Gasteiger partial charge in [-0.1, -0.05) is 6.07 Å². The minimum Gasteiger partial charge on any atom is -0.379 e. The number of aromatic nitrogens is 4. The Kier molecular flexibility index (Phi) is 4.64. The smallest absolute Gasteiger partial charge is 0.142 e. The van der Waals surface area contributed by atoms with Gasteiger partial charge in [-0.15, -0.1) is 0 Å². The summed E-state index contributed by atoms with van der Waals surface area (Å²) in [4.78, 5) is 11.6. The molecule has 0 radical (unpaired) electrons. The van der Waals surface area contributed by atoms with E-state index in [1.165, 1.54) is 11.5 Å². The monoisotopic (exact) mass is 341 g/mol. The van der Waals surface area contributed by atoms with Gasteiger partial charge in [0.15, 0.2) is 0 Å². The molecule has 124 valence electrons. The van der Waals surface area contributed by atoms with Crippen LogP contribution < -0.4 is 0 Å². The molecule has 4 rings (SSSR count). The Bertz CT molecular complexity index is 752. The first-order valence-electron chi connectivity index (χ1n) is 8.05. The first-order valence-corrected chi connectivity index (χ1v) is 8.89. The van der Waals surface area contributed by atoms with E-state index in [4.69, 9.17) is 4.74 Å². The van der Waals surface area contributed by atoms with E-state index in [-0.39, 0.29) is 6.04 Å². The van der Waals surface area contributed by atoms with E-state index in [0.717, 1.165) is 49.9 Å². The zero-order valence-corrected chi connectivity index (χ0v) is 14.1. The lowest BCUT2D eigenvalue weighted by Gasteiger charge is -2.34. The number of nitrogens with zero attached hydrogens (tertiary/aromatic N) is 5. The molecule has 3 aromatic rings. The number of imidazole rings is 1. The van der Waals surface area contributed by atoms with Gasteiger partial charge in [0.2, 0.25) is 0 Å².